The first-order chi connectivity index (χ1) is 6.18. The number of rotatable bonds is 3. The van der Waals surface area contributed by atoms with Gasteiger partial charge in [-0.2, -0.15) is 0 Å². The van der Waals surface area contributed by atoms with Gasteiger partial charge >= 0.3 is 0 Å². The van der Waals surface area contributed by atoms with Gasteiger partial charge in [0.1, 0.15) is 5.82 Å². The highest BCUT2D eigenvalue weighted by Gasteiger charge is 2.45. The van der Waals surface area contributed by atoms with Gasteiger partial charge in [-0.25, -0.2) is 9.97 Å². The highest BCUT2D eigenvalue weighted by molar-refractivity contribution is 5.02. The largest absolute Gasteiger partial charge is 0.306 e. The number of nitrogens with one attached hydrogen (secondary N) is 1. The van der Waals surface area contributed by atoms with Crippen molar-refractivity contribution in [2.24, 2.45) is 5.41 Å². The number of hydrogen-bond acceptors (Lipinski definition) is 3. The zero-order valence-corrected chi connectivity index (χ0v) is 8.12. The molecule has 0 saturated heterocycles. The van der Waals surface area contributed by atoms with E-state index >= 15 is 0 Å². The van der Waals surface area contributed by atoms with E-state index in [1.54, 1.807) is 12.4 Å². The minimum Gasteiger partial charge on any atom is -0.306 e. The fourth-order valence-corrected chi connectivity index (χ4v) is 1.45. The van der Waals surface area contributed by atoms with Gasteiger partial charge in [0, 0.05) is 18.4 Å². The van der Waals surface area contributed by atoms with Crippen LogP contribution >= 0.6 is 0 Å². The van der Waals surface area contributed by atoms with Crippen LogP contribution in [0.2, 0.25) is 0 Å². The van der Waals surface area contributed by atoms with Crippen LogP contribution in [0, 0.1) is 5.41 Å². The van der Waals surface area contributed by atoms with Gasteiger partial charge in [-0.3, -0.25) is 0 Å². The average Bonchev–Trinajstić information content (AvgIpc) is 2.73. The molecule has 3 nitrogen and oxygen atoms in total. The lowest BCUT2D eigenvalue weighted by atomic mass is 10.2. The molecule has 1 aromatic rings. The van der Waals surface area contributed by atoms with E-state index in [9.17, 15) is 0 Å². The molecule has 1 atom stereocenters. The molecule has 13 heavy (non-hydrogen) atoms. The molecule has 1 unspecified atom stereocenters. The van der Waals surface area contributed by atoms with Gasteiger partial charge in [-0.05, 0) is 17.9 Å². The molecule has 2 rings (SSSR count). The van der Waals surface area contributed by atoms with Crippen LogP contribution in [0.1, 0.15) is 26.1 Å². The third-order valence-electron chi connectivity index (χ3n) is 2.64. The second-order valence-electron chi connectivity index (χ2n) is 4.29. The summed E-state index contributed by atoms with van der Waals surface area (Å²) < 4.78 is 0. The van der Waals surface area contributed by atoms with Crippen LogP contribution in [0.25, 0.3) is 0 Å². The Kier molecular flexibility index (Phi) is 2.04. The Labute approximate surface area is 78.6 Å². The minimum absolute atomic E-state index is 0.481. The molecule has 0 amide bonds. The van der Waals surface area contributed by atoms with Crippen LogP contribution in [-0.4, -0.2) is 16.0 Å². The van der Waals surface area contributed by atoms with Crippen LogP contribution < -0.4 is 5.32 Å². The van der Waals surface area contributed by atoms with Crippen LogP contribution in [0.15, 0.2) is 18.5 Å². The van der Waals surface area contributed by atoms with E-state index in [-0.39, 0.29) is 0 Å². The molecule has 0 spiro atoms. The fraction of sp³-hybridized carbons (Fsp3) is 0.600. The average molecular weight is 177 g/mol. The Morgan fingerprint density at radius 2 is 2.08 bits per heavy atom. The lowest BCUT2D eigenvalue weighted by molar-refractivity contribution is 0.534. The van der Waals surface area contributed by atoms with Gasteiger partial charge in [-0.15, -0.1) is 0 Å². The molecule has 3 heteroatoms. The van der Waals surface area contributed by atoms with Crippen LogP contribution in [-0.2, 0) is 6.54 Å². The maximum Gasteiger partial charge on any atom is 0.141 e. The topological polar surface area (TPSA) is 37.8 Å². The van der Waals surface area contributed by atoms with Crippen molar-refractivity contribution in [1.82, 2.24) is 15.3 Å². The summed E-state index contributed by atoms with van der Waals surface area (Å²) in [4.78, 5) is 8.31. The summed E-state index contributed by atoms with van der Waals surface area (Å²) in [6.07, 6.45) is 4.82. The summed E-state index contributed by atoms with van der Waals surface area (Å²) in [6.45, 7) is 5.34. The van der Waals surface area contributed by atoms with E-state index in [1.165, 1.54) is 6.42 Å². The summed E-state index contributed by atoms with van der Waals surface area (Å²) in [7, 11) is 0. The zero-order valence-electron chi connectivity index (χ0n) is 8.12. The van der Waals surface area contributed by atoms with Gasteiger partial charge in [0.15, 0.2) is 0 Å². The summed E-state index contributed by atoms with van der Waals surface area (Å²) in [5, 5.41) is 3.44. The lowest BCUT2D eigenvalue weighted by Gasteiger charge is -2.04. The molecule has 1 saturated carbocycles. The van der Waals surface area contributed by atoms with E-state index in [0.29, 0.717) is 11.5 Å². The van der Waals surface area contributed by atoms with Crippen molar-refractivity contribution in [2.75, 3.05) is 0 Å². The van der Waals surface area contributed by atoms with Crippen molar-refractivity contribution in [2.45, 2.75) is 32.9 Å². The molecule has 1 N–H and O–H groups in total. The maximum atomic E-state index is 4.15. The Hall–Kier alpha value is -0.960. The maximum absolute atomic E-state index is 4.15. The zero-order chi connectivity index (χ0) is 9.31. The fourth-order valence-electron chi connectivity index (χ4n) is 1.45. The number of hydrogen-bond donors (Lipinski definition) is 1. The predicted molar refractivity (Wildman–Crippen MR) is 51.1 cm³/mol. The highest BCUT2D eigenvalue weighted by atomic mass is 15.0. The van der Waals surface area contributed by atoms with E-state index in [4.69, 9.17) is 0 Å². The monoisotopic (exact) mass is 177 g/mol. The third-order valence-corrected chi connectivity index (χ3v) is 2.64. The van der Waals surface area contributed by atoms with Crippen LogP contribution in [0.5, 0.6) is 0 Å². The molecule has 0 bridgehead atoms. The SMILES string of the molecule is CC1(C)CC1NCc1ncccn1. The van der Waals surface area contributed by atoms with Crippen molar-refractivity contribution < 1.29 is 0 Å². The van der Waals surface area contributed by atoms with E-state index in [2.05, 4.69) is 29.1 Å². The molecule has 1 aliphatic rings. The van der Waals surface area contributed by atoms with Crippen molar-refractivity contribution in [3.05, 3.63) is 24.3 Å². The second kappa shape index (κ2) is 3.07. The Balaban J connectivity index is 1.82. The van der Waals surface area contributed by atoms with Crippen LogP contribution in [0.4, 0.5) is 0 Å². The Morgan fingerprint density at radius 3 is 2.62 bits per heavy atom. The molecular weight excluding hydrogens is 162 g/mol. The summed E-state index contributed by atoms with van der Waals surface area (Å²) in [5.74, 6) is 0.880. The van der Waals surface area contributed by atoms with Crippen molar-refractivity contribution in [3.8, 4) is 0 Å². The third kappa shape index (κ3) is 2.04. The van der Waals surface area contributed by atoms with Crippen molar-refractivity contribution in [3.63, 3.8) is 0 Å². The predicted octanol–water partition coefficient (Wildman–Crippen LogP) is 1.36. The molecule has 1 fully saturated rings. The normalized spacial score (nSPS) is 24.3. The van der Waals surface area contributed by atoms with Crippen molar-refractivity contribution >= 4 is 0 Å². The van der Waals surface area contributed by atoms with Gasteiger partial charge in [0.05, 0.1) is 6.54 Å². The number of aromatic nitrogens is 2. The molecular formula is C10H15N3. The van der Waals surface area contributed by atoms with Gasteiger partial charge in [0.25, 0.3) is 0 Å². The molecule has 0 aliphatic heterocycles. The first-order valence-corrected chi connectivity index (χ1v) is 4.68. The second-order valence-corrected chi connectivity index (χ2v) is 4.29. The van der Waals surface area contributed by atoms with E-state index < -0.39 is 0 Å². The van der Waals surface area contributed by atoms with Gasteiger partial charge in [0.2, 0.25) is 0 Å². The van der Waals surface area contributed by atoms with Gasteiger partial charge in [-0.1, -0.05) is 13.8 Å². The molecule has 1 aliphatic carbocycles. The van der Waals surface area contributed by atoms with E-state index in [0.717, 1.165) is 12.4 Å². The Bertz CT molecular complexity index is 281. The first-order valence-electron chi connectivity index (χ1n) is 4.68. The minimum atomic E-state index is 0.481. The Morgan fingerprint density at radius 1 is 1.46 bits per heavy atom. The molecule has 0 radical (unpaired) electrons. The highest BCUT2D eigenvalue weighted by Crippen LogP contribution is 2.44. The molecule has 0 aromatic carbocycles. The summed E-state index contributed by atoms with van der Waals surface area (Å²) in [6, 6.07) is 2.49. The smallest absolute Gasteiger partial charge is 0.141 e. The summed E-state index contributed by atoms with van der Waals surface area (Å²) in [5.41, 5.74) is 0.481. The number of nitrogens with zero attached hydrogens (tertiary/aromatic N) is 2. The summed E-state index contributed by atoms with van der Waals surface area (Å²) >= 11 is 0. The first kappa shape index (κ1) is 8.63. The molecule has 1 aromatic heterocycles. The standard InChI is InChI=1S/C10H15N3/c1-10(2)6-8(10)13-7-9-11-4-3-5-12-9/h3-5,8,13H,6-7H2,1-2H3. The molecule has 70 valence electrons. The van der Waals surface area contributed by atoms with Crippen molar-refractivity contribution in [1.29, 1.82) is 0 Å². The van der Waals surface area contributed by atoms with Crippen LogP contribution in [0.3, 0.4) is 0 Å². The lowest BCUT2D eigenvalue weighted by Crippen LogP contribution is -2.21. The van der Waals surface area contributed by atoms with Gasteiger partial charge < -0.3 is 5.32 Å². The quantitative estimate of drug-likeness (QED) is 0.757. The van der Waals surface area contributed by atoms with E-state index in [1.807, 2.05) is 6.07 Å². The molecule has 1 heterocycles.